The van der Waals surface area contributed by atoms with Crippen molar-refractivity contribution in [2.45, 2.75) is 32.7 Å². The zero-order valence-corrected chi connectivity index (χ0v) is 16.8. The van der Waals surface area contributed by atoms with Gasteiger partial charge in [0.2, 0.25) is 0 Å². The van der Waals surface area contributed by atoms with Crippen molar-refractivity contribution in [3.63, 3.8) is 0 Å². The number of guanidine groups is 1. The quantitative estimate of drug-likeness (QED) is 0.390. The van der Waals surface area contributed by atoms with Crippen LogP contribution < -0.4 is 10.6 Å². The zero-order valence-electron chi connectivity index (χ0n) is 14.5. The third-order valence-electron chi connectivity index (χ3n) is 3.52. The maximum absolute atomic E-state index is 13.6. The van der Waals surface area contributed by atoms with Crippen LogP contribution >= 0.6 is 24.0 Å². The van der Waals surface area contributed by atoms with Crippen molar-refractivity contribution in [3.8, 4) is 0 Å². The fraction of sp³-hybridized carbons (Fsp3) is 0.412. The first-order valence-electron chi connectivity index (χ1n) is 7.83. The van der Waals surface area contributed by atoms with E-state index in [0.717, 1.165) is 17.8 Å². The SMILES string of the molecule is CN=C(NCCc1cc(F)ccc1F)NCc1cc(C(C)C)no1.I. The summed E-state index contributed by atoms with van der Waals surface area (Å²) in [5.41, 5.74) is 1.23. The number of aliphatic imine (C=N–C) groups is 1. The molecule has 0 bridgehead atoms. The topological polar surface area (TPSA) is 62.5 Å². The Morgan fingerprint density at radius 3 is 2.64 bits per heavy atom. The molecular formula is C17H23F2IN4O. The summed E-state index contributed by atoms with van der Waals surface area (Å²) >= 11 is 0. The molecule has 1 aromatic heterocycles. The number of aromatic nitrogens is 1. The van der Waals surface area contributed by atoms with Gasteiger partial charge in [-0.3, -0.25) is 4.99 Å². The van der Waals surface area contributed by atoms with Crippen LogP contribution in [0, 0.1) is 11.6 Å². The third kappa shape index (κ3) is 6.60. The van der Waals surface area contributed by atoms with E-state index in [1.807, 2.05) is 19.9 Å². The Bertz CT molecular complexity index is 704. The molecule has 0 saturated carbocycles. The van der Waals surface area contributed by atoms with Gasteiger partial charge in [-0.15, -0.1) is 24.0 Å². The van der Waals surface area contributed by atoms with Gasteiger partial charge in [0.15, 0.2) is 11.7 Å². The van der Waals surface area contributed by atoms with Gasteiger partial charge in [0, 0.05) is 19.7 Å². The van der Waals surface area contributed by atoms with Crippen LogP contribution in [0.25, 0.3) is 0 Å². The summed E-state index contributed by atoms with van der Waals surface area (Å²) in [6, 6.07) is 5.34. The van der Waals surface area contributed by atoms with E-state index in [-0.39, 0.29) is 24.0 Å². The van der Waals surface area contributed by atoms with Crippen LogP contribution in [-0.2, 0) is 13.0 Å². The van der Waals surface area contributed by atoms with Gasteiger partial charge in [0.25, 0.3) is 0 Å². The average Bonchev–Trinajstić information content (AvgIpc) is 3.03. The van der Waals surface area contributed by atoms with Crippen molar-refractivity contribution in [1.29, 1.82) is 0 Å². The summed E-state index contributed by atoms with van der Waals surface area (Å²) in [4.78, 5) is 4.08. The molecule has 0 aliphatic carbocycles. The van der Waals surface area contributed by atoms with Crippen LogP contribution in [0.2, 0.25) is 0 Å². The van der Waals surface area contributed by atoms with E-state index in [0.29, 0.717) is 42.7 Å². The summed E-state index contributed by atoms with van der Waals surface area (Å²) in [5, 5.41) is 10.1. The van der Waals surface area contributed by atoms with E-state index < -0.39 is 11.6 Å². The fourth-order valence-electron chi connectivity index (χ4n) is 2.13. The Morgan fingerprint density at radius 2 is 2.00 bits per heavy atom. The monoisotopic (exact) mass is 464 g/mol. The number of benzene rings is 1. The molecule has 2 N–H and O–H groups in total. The molecule has 2 aromatic rings. The summed E-state index contributed by atoms with van der Waals surface area (Å²) in [7, 11) is 1.64. The highest BCUT2D eigenvalue weighted by Crippen LogP contribution is 2.13. The molecule has 0 radical (unpaired) electrons. The predicted molar refractivity (Wildman–Crippen MR) is 104 cm³/mol. The second-order valence-electron chi connectivity index (χ2n) is 5.71. The van der Waals surface area contributed by atoms with E-state index in [1.54, 1.807) is 7.05 Å². The number of nitrogens with zero attached hydrogens (tertiary/aromatic N) is 2. The highest BCUT2D eigenvalue weighted by Gasteiger charge is 2.08. The second kappa shape index (κ2) is 10.3. The zero-order chi connectivity index (χ0) is 17.5. The van der Waals surface area contributed by atoms with Gasteiger partial charge < -0.3 is 15.2 Å². The van der Waals surface area contributed by atoms with Crippen LogP contribution in [-0.4, -0.2) is 24.7 Å². The molecule has 1 heterocycles. The number of rotatable bonds is 6. The van der Waals surface area contributed by atoms with Crippen molar-refractivity contribution >= 4 is 29.9 Å². The molecule has 0 spiro atoms. The molecule has 1 aromatic carbocycles. The Morgan fingerprint density at radius 1 is 1.24 bits per heavy atom. The summed E-state index contributed by atoms with van der Waals surface area (Å²) in [6.07, 6.45) is 0.351. The highest BCUT2D eigenvalue weighted by atomic mass is 127. The first kappa shape index (κ1) is 21.3. The number of hydrogen-bond acceptors (Lipinski definition) is 3. The first-order chi connectivity index (χ1) is 11.5. The number of hydrogen-bond donors (Lipinski definition) is 2. The smallest absolute Gasteiger partial charge is 0.191 e. The van der Waals surface area contributed by atoms with Crippen LogP contribution in [0.5, 0.6) is 0 Å². The molecule has 0 amide bonds. The molecule has 0 aliphatic heterocycles. The van der Waals surface area contributed by atoms with E-state index in [2.05, 4.69) is 20.8 Å². The van der Waals surface area contributed by atoms with Gasteiger partial charge in [0.1, 0.15) is 11.6 Å². The molecule has 138 valence electrons. The van der Waals surface area contributed by atoms with E-state index in [4.69, 9.17) is 4.52 Å². The average molecular weight is 464 g/mol. The third-order valence-corrected chi connectivity index (χ3v) is 3.52. The van der Waals surface area contributed by atoms with Gasteiger partial charge in [-0.25, -0.2) is 8.78 Å². The normalized spacial score (nSPS) is 11.4. The molecular weight excluding hydrogens is 441 g/mol. The molecule has 5 nitrogen and oxygen atoms in total. The lowest BCUT2D eigenvalue weighted by Gasteiger charge is -2.11. The first-order valence-corrected chi connectivity index (χ1v) is 7.83. The van der Waals surface area contributed by atoms with Gasteiger partial charge in [-0.05, 0) is 36.1 Å². The summed E-state index contributed by atoms with van der Waals surface area (Å²) in [6.45, 7) is 4.95. The lowest BCUT2D eigenvalue weighted by Crippen LogP contribution is -2.37. The van der Waals surface area contributed by atoms with Gasteiger partial charge >= 0.3 is 0 Å². The highest BCUT2D eigenvalue weighted by molar-refractivity contribution is 14.0. The Kier molecular flexibility index (Phi) is 8.81. The Labute approximate surface area is 163 Å². The largest absolute Gasteiger partial charge is 0.359 e. The number of halogens is 3. The van der Waals surface area contributed by atoms with Crippen molar-refractivity contribution in [2.24, 2.45) is 4.99 Å². The fourth-order valence-corrected chi connectivity index (χ4v) is 2.13. The van der Waals surface area contributed by atoms with Crippen molar-refractivity contribution in [1.82, 2.24) is 15.8 Å². The second-order valence-corrected chi connectivity index (χ2v) is 5.71. The molecule has 0 unspecified atom stereocenters. The Balaban J connectivity index is 0.00000312. The lowest BCUT2D eigenvalue weighted by atomic mass is 10.1. The molecule has 2 rings (SSSR count). The number of nitrogens with one attached hydrogen (secondary N) is 2. The maximum Gasteiger partial charge on any atom is 0.191 e. The van der Waals surface area contributed by atoms with Crippen LogP contribution in [0.4, 0.5) is 8.78 Å². The minimum Gasteiger partial charge on any atom is -0.359 e. The summed E-state index contributed by atoms with van der Waals surface area (Å²) < 4.78 is 31.9. The Hall–Kier alpha value is -1.71. The molecule has 0 aliphatic rings. The van der Waals surface area contributed by atoms with Crippen molar-refractivity contribution < 1.29 is 13.3 Å². The van der Waals surface area contributed by atoms with Gasteiger partial charge in [-0.1, -0.05) is 19.0 Å². The van der Waals surface area contributed by atoms with Crippen LogP contribution in [0.1, 0.15) is 36.8 Å². The standard InChI is InChI=1S/C17H22F2N4O.HI/c1-11(2)16-9-14(24-23-16)10-22-17(20-3)21-7-6-12-8-13(18)4-5-15(12)19;/h4-5,8-9,11H,6-7,10H2,1-3H3,(H2,20,21,22);1H. The van der Waals surface area contributed by atoms with E-state index in [1.165, 1.54) is 6.07 Å². The van der Waals surface area contributed by atoms with E-state index >= 15 is 0 Å². The van der Waals surface area contributed by atoms with Gasteiger partial charge in [-0.2, -0.15) is 0 Å². The summed E-state index contributed by atoms with van der Waals surface area (Å²) in [5.74, 6) is 0.706. The minimum atomic E-state index is -0.444. The molecule has 8 heteroatoms. The molecule has 0 atom stereocenters. The van der Waals surface area contributed by atoms with Crippen LogP contribution in [0.3, 0.4) is 0 Å². The molecule has 0 saturated heterocycles. The van der Waals surface area contributed by atoms with Crippen molar-refractivity contribution in [3.05, 3.63) is 52.9 Å². The maximum atomic E-state index is 13.6. The lowest BCUT2D eigenvalue weighted by molar-refractivity contribution is 0.372. The van der Waals surface area contributed by atoms with Gasteiger partial charge in [0.05, 0.1) is 12.2 Å². The predicted octanol–water partition coefficient (Wildman–Crippen LogP) is 3.60. The molecule has 0 fully saturated rings. The van der Waals surface area contributed by atoms with Crippen molar-refractivity contribution in [2.75, 3.05) is 13.6 Å². The molecule has 25 heavy (non-hydrogen) atoms. The van der Waals surface area contributed by atoms with E-state index in [9.17, 15) is 8.78 Å². The minimum absolute atomic E-state index is 0. The van der Waals surface area contributed by atoms with Crippen LogP contribution in [0.15, 0.2) is 33.8 Å².